The fraction of sp³-hybridized carbons (Fsp3) is 0.0909. The third kappa shape index (κ3) is 2.95. The number of para-hydroxylation sites is 1. The molecule has 1 rings (SSSR count). The summed E-state index contributed by atoms with van der Waals surface area (Å²) in [5.74, 6) is -0.966. The van der Waals surface area contributed by atoms with Crippen LogP contribution in [0.15, 0.2) is 41.9 Å². The van der Waals surface area contributed by atoms with Crippen LogP contribution in [0.5, 0.6) is 5.75 Å². The van der Waals surface area contributed by atoms with Crippen molar-refractivity contribution >= 4 is 11.7 Å². The van der Waals surface area contributed by atoms with Gasteiger partial charge in [0, 0.05) is 5.56 Å². The number of benzene rings is 1. The van der Waals surface area contributed by atoms with E-state index in [1.54, 1.807) is 18.2 Å². The Kier molecular flexibility index (Phi) is 3.62. The Morgan fingerprint density at radius 2 is 2.13 bits per heavy atom. The average Bonchev–Trinajstić information content (AvgIpc) is 2.21. The first-order valence-electron chi connectivity index (χ1n) is 4.32. The molecule has 0 spiro atoms. The first kappa shape index (κ1) is 11.0. The van der Waals surface area contributed by atoms with Crippen molar-refractivity contribution in [1.29, 1.82) is 0 Å². The number of carboxylic acid groups (broad SMARTS) is 1. The van der Waals surface area contributed by atoms with Crippen LogP contribution in [0.3, 0.4) is 0 Å². The monoisotopic (exact) mass is 205 g/mol. The maximum Gasteiger partial charge on any atom is 0.325 e. The van der Waals surface area contributed by atoms with Crippen molar-refractivity contribution in [3.05, 3.63) is 42.5 Å². The topological polar surface area (TPSA) is 69.9 Å². The van der Waals surface area contributed by atoms with E-state index in [0.717, 1.165) is 0 Å². The van der Waals surface area contributed by atoms with Crippen molar-refractivity contribution in [2.24, 2.45) is 4.99 Å². The summed E-state index contributed by atoms with van der Waals surface area (Å²) >= 11 is 0. The zero-order valence-corrected chi connectivity index (χ0v) is 8.05. The molecule has 0 atom stereocenters. The van der Waals surface area contributed by atoms with Gasteiger partial charge in [0.1, 0.15) is 12.3 Å². The van der Waals surface area contributed by atoms with Crippen LogP contribution in [-0.4, -0.2) is 28.4 Å². The molecule has 2 N–H and O–H groups in total. The Labute approximate surface area is 87.2 Å². The minimum atomic E-state index is -1.02. The standard InChI is InChI=1S/C11H11NO3/c1-2-9(12-7-11(14)15)8-5-3-4-6-10(8)13/h2-6,13H,1,7H2,(H,14,15). The molecule has 0 fully saturated rings. The number of aliphatic carboxylic acids is 1. The van der Waals surface area contributed by atoms with Gasteiger partial charge in [-0.2, -0.15) is 0 Å². The van der Waals surface area contributed by atoms with Crippen LogP contribution >= 0.6 is 0 Å². The summed E-state index contributed by atoms with van der Waals surface area (Å²) in [6, 6.07) is 6.57. The van der Waals surface area contributed by atoms with Gasteiger partial charge >= 0.3 is 5.97 Å². The van der Waals surface area contributed by atoms with E-state index in [1.807, 2.05) is 0 Å². The van der Waals surface area contributed by atoms with E-state index in [4.69, 9.17) is 5.11 Å². The fourth-order valence-electron chi connectivity index (χ4n) is 1.10. The number of aromatic hydroxyl groups is 1. The number of phenols is 1. The molecule has 0 saturated heterocycles. The summed E-state index contributed by atoms with van der Waals surface area (Å²) in [7, 11) is 0. The second-order valence-electron chi connectivity index (χ2n) is 2.82. The quantitative estimate of drug-likeness (QED) is 0.731. The normalized spacial score (nSPS) is 11.1. The smallest absolute Gasteiger partial charge is 0.325 e. The molecule has 78 valence electrons. The van der Waals surface area contributed by atoms with E-state index < -0.39 is 5.97 Å². The Morgan fingerprint density at radius 1 is 1.47 bits per heavy atom. The molecule has 0 heterocycles. The van der Waals surface area contributed by atoms with Crippen LogP contribution in [0.2, 0.25) is 0 Å². The number of allylic oxidation sites excluding steroid dienone is 1. The lowest BCUT2D eigenvalue weighted by Gasteiger charge is -2.03. The minimum absolute atomic E-state index is 0.0570. The number of nitrogens with zero attached hydrogens (tertiary/aromatic N) is 1. The van der Waals surface area contributed by atoms with E-state index in [-0.39, 0.29) is 12.3 Å². The van der Waals surface area contributed by atoms with Gasteiger partial charge in [0.15, 0.2) is 0 Å². The van der Waals surface area contributed by atoms with Crippen molar-refractivity contribution in [2.45, 2.75) is 0 Å². The molecule has 4 heteroatoms. The van der Waals surface area contributed by atoms with Crippen LogP contribution in [0, 0.1) is 0 Å². The van der Waals surface area contributed by atoms with Gasteiger partial charge in [-0.1, -0.05) is 18.7 Å². The van der Waals surface area contributed by atoms with Gasteiger partial charge in [-0.15, -0.1) is 0 Å². The molecule has 0 radical (unpaired) electrons. The van der Waals surface area contributed by atoms with Crippen molar-refractivity contribution < 1.29 is 15.0 Å². The van der Waals surface area contributed by atoms with Gasteiger partial charge in [-0.05, 0) is 18.2 Å². The van der Waals surface area contributed by atoms with Gasteiger partial charge in [-0.25, -0.2) is 0 Å². The van der Waals surface area contributed by atoms with Crippen molar-refractivity contribution in [2.75, 3.05) is 6.54 Å². The zero-order valence-electron chi connectivity index (χ0n) is 8.05. The van der Waals surface area contributed by atoms with Gasteiger partial charge in [-0.3, -0.25) is 9.79 Å². The third-order valence-corrected chi connectivity index (χ3v) is 1.76. The van der Waals surface area contributed by atoms with Gasteiger partial charge in [0.25, 0.3) is 0 Å². The molecule has 0 aromatic heterocycles. The lowest BCUT2D eigenvalue weighted by atomic mass is 10.1. The lowest BCUT2D eigenvalue weighted by Crippen LogP contribution is -2.04. The highest BCUT2D eigenvalue weighted by Gasteiger charge is 2.05. The first-order valence-corrected chi connectivity index (χ1v) is 4.32. The second kappa shape index (κ2) is 4.95. The van der Waals surface area contributed by atoms with Crippen molar-refractivity contribution in [3.63, 3.8) is 0 Å². The number of rotatable bonds is 4. The Hall–Kier alpha value is -2.10. The van der Waals surface area contributed by atoms with Crippen LogP contribution in [0.4, 0.5) is 0 Å². The van der Waals surface area contributed by atoms with E-state index >= 15 is 0 Å². The zero-order chi connectivity index (χ0) is 11.3. The van der Waals surface area contributed by atoms with E-state index in [9.17, 15) is 9.90 Å². The number of phenolic OH excluding ortho intramolecular Hbond substituents is 1. The number of hydrogen-bond acceptors (Lipinski definition) is 3. The van der Waals surface area contributed by atoms with E-state index in [1.165, 1.54) is 12.1 Å². The molecule has 0 aliphatic heterocycles. The fourth-order valence-corrected chi connectivity index (χ4v) is 1.10. The molecule has 0 amide bonds. The molecular formula is C11H11NO3. The maximum atomic E-state index is 10.3. The molecule has 4 nitrogen and oxygen atoms in total. The first-order chi connectivity index (χ1) is 7.15. The number of carboxylic acids is 1. The number of aliphatic imine (C=N–C) groups is 1. The highest BCUT2D eigenvalue weighted by molar-refractivity contribution is 6.10. The summed E-state index contributed by atoms with van der Waals surface area (Å²) in [5, 5.41) is 18.0. The van der Waals surface area contributed by atoms with Crippen LogP contribution < -0.4 is 0 Å². The molecule has 0 saturated carbocycles. The number of hydrogen-bond donors (Lipinski definition) is 2. The van der Waals surface area contributed by atoms with E-state index in [0.29, 0.717) is 11.3 Å². The van der Waals surface area contributed by atoms with Crippen LogP contribution in [0.25, 0.3) is 0 Å². The summed E-state index contributed by atoms with van der Waals surface area (Å²) in [4.78, 5) is 14.1. The second-order valence-corrected chi connectivity index (χ2v) is 2.82. The van der Waals surface area contributed by atoms with E-state index in [2.05, 4.69) is 11.6 Å². The molecule has 1 aromatic carbocycles. The predicted molar refractivity (Wildman–Crippen MR) is 57.3 cm³/mol. The van der Waals surface area contributed by atoms with Crippen LogP contribution in [-0.2, 0) is 4.79 Å². The summed E-state index contributed by atoms with van der Waals surface area (Å²) < 4.78 is 0. The molecule has 0 aliphatic carbocycles. The van der Waals surface area contributed by atoms with Crippen LogP contribution in [0.1, 0.15) is 5.56 Å². The summed E-state index contributed by atoms with van der Waals surface area (Å²) in [6.45, 7) is 3.18. The molecule has 1 aromatic rings. The van der Waals surface area contributed by atoms with Gasteiger partial charge < -0.3 is 10.2 Å². The lowest BCUT2D eigenvalue weighted by molar-refractivity contribution is -0.135. The van der Waals surface area contributed by atoms with Gasteiger partial charge in [0.05, 0.1) is 5.71 Å². The molecule has 15 heavy (non-hydrogen) atoms. The number of carbonyl (C=O) groups is 1. The summed E-state index contributed by atoms with van der Waals surface area (Å²) in [5.41, 5.74) is 0.851. The third-order valence-electron chi connectivity index (χ3n) is 1.76. The SMILES string of the molecule is C=CC(=NCC(=O)O)c1ccccc1O. The highest BCUT2D eigenvalue weighted by atomic mass is 16.4. The molecule has 0 bridgehead atoms. The molecule has 0 unspecified atom stereocenters. The Balaban J connectivity index is 3.02. The largest absolute Gasteiger partial charge is 0.507 e. The Morgan fingerprint density at radius 3 is 2.67 bits per heavy atom. The predicted octanol–water partition coefficient (Wildman–Crippen LogP) is 1.45. The van der Waals surface area contributed by atoms with Crippen molar-refractivity contribution in [3.8, 4) is 5.75 Å². The highest BCUT2D eigenvalue weighted by Crippen LogP contribution is 2.16. The van der Waals surface area contributed by atoms with Gasteiger partial charge in [0.2, 0.25) is 0 Å². The maximum absolute atomic E-state index is 10.3. The minimum Gasteiger partial charge on any atom is -0.507 e. The Bertz CT molecular complexity index is 410. The van der Waals surface area contributed by atoms with Crippen molar-refractivity contribution in [1.82, 2.24) is 0 Å². The summed E-state index contributed by atoms with van der Waals surface area (Å²) in [6.07, 6.45) is 1.41. The molecular weight excluding hydrogens is 194 g/mol. The average molecular weight is 205 g/mol. The molecule has 0 aliphatic rings.